The Morgan fingerprint density at radius 2 is 1.92 bits per heavy atom. The molecule has 1 aromatic carbocycles. The summed E-state index contributed by atoms with van der Waals surface area (Å²) < 4.78 is 5.95. The highest BCUT2D eigenvalue weighted by atomic mass is 16.5. The van der Waals surface area contributed by atoms with E-state index < -0.39 is 0 Å². The maximum Gasteiger partial charge on any atom is 0.256 e. The van der Waals surface area contributed by atoms with Crippen LogP contribution in [0.1, 0.15) is 37.0 Å². The minimum Gasteiger partial charge on any atom is -0.493 e. The lowest BCUT2D eigenvalue weighted by Gasteiger charge is -2.18. The number of likely N-dealkylation sites (tertiary alicyclic amines) is 1. The first-order valence-electron chi connectivity index (χ1n) is 8.63. The van der Waals surface area contributed by atoms with Crippen molar-refractivity contribution in [3.8, 4) is 17.0 Å². The van der Waals surface area contributed by atoms with Gasteiger partial charge < -0.3 is 9.64 Å². The standard InChI is InChI=1S/C20H24N2O2/c1-15(2)14-24-18-10-4-3-8-16(18)19-17(9-7-11-21-19)20(23)22-12-5-6-13-22/h3-4,7-11,15H,5-6,12-14H2,1-2H3. The van der Waals surface area contributed by atoms with Crippen molar-refractivity contribution in [2.24, 2.45) is 5.92 Å². The van der Waals surface area contributed by atoms with Crippen molar-refractivity contribution < 1.29 is 9.53 Å². The third kappa shape index (κ3) is 3.58. The molecule has 1 fully saturated rings. The van der Waals surface area contributed by atoms with Crippen molar-refractivity contribution >= 4 is 5.91 Å². The molecule has 0 bridgehead atoms. The van der Waals surface area contributed by atoms with E-state index in [1.165, 1.54) is 0 Å². The lowest BCUT2D eigenvalue weighted by molar-refractivity contribution is 0.0793. The summed E-state index contributed by atoms with van der Waals surface area (Å²) in [4.78, 5) is 19.3. The number of pyridine rings is 1. The van der Waals surface area contributed by atoms with Crippen LogP contribution >= 0.6 is 0 Å². The lowest BCUT2D eigenvalue weighted by atomic mass is 10.0. The van der Waals surface area contributed by atoms with Crippen LogP contribution in [0.15, 0.2) is 42.6 Å². The maximum absolute atomic E-state index is 12.9. The predicted molar refractivity (Wildman–Crippen MR) is 95.1 cm³/mol. The summed E-state index contributed by atoms with van der Waals surface area (Å²) in [5.74, 6) is 1.28. The molecule has 24 heavy (non-hydrogen) atoms. The van der Waals surface area contributed by atoms with Gasteiger partial charge in [0.2, 0.25) is 0 Å². The number of rotatable bonds is 5. The fraction of sp³-hybridized carbons (Fsp3) is 0.400. The van der Waals surface area contributed by atoms with E-state index in [2.05, 4.69) is 18.8 Å². The van der Waals surface area contributed by atoms with Gasteiger partial charge in [0.25, 0.3) is 5.91 Å². The molecule has 2 aromatic rings. The van der Waals surface area contributed by atoms with Gasteiger partial charge in [-0.1, -0.05) is 26.0 Å². The Balaban J connectivity index is 1.96. The van der Waals surface area contributed by atoms with Gasteiger partial charge in [-0.15, -0.1) is 0 Å². The molecule has 1 aliphatic rings. The van der Waals surface area contributed by atoms with Gasteiger partial charge in [0.1, 0.15) is 5.75 Å². The average Bonchev–Trinajstić information content (AvgIpc) is 3.14. The van der Waals surface area contributed by atoms with Gasteiger partial charge in [-0.3, -0.25) is 9.78 Å². The number of hydrogen-bond donors (Lipinski definition) is 0. The van der Waals surface area contributed by atoms with Gasteiger partial charge in [0, 0.05) is 24.8 Å². The number of carbonyl (C=O) groups excluding carboxylic acids is 1. The largest absolute Gasteiger partial charge is 0.493 e. The smallest absolute Gasteiger partial charge is 0.256 e. The minimum atomic E-state index is 0.0641. The van der Waals surface area contributed by atoms with Crippen LogP contribution in [0.3, 0.4) is 0 Å². The highest BCUT2D eigenvalue weighted by Gasteiger charge is 2.23. The molecular formula is C20H24N2O2. The van der Waals surface area contributed by atoms with E-state index in [0.717, 1.165) is 37.2 Å². The number of hydrogen-bond acceptors (Lipinski definition) is 3. The van der Waals surface area contributed by atoms with Crippen LogP contribution in [0.4, 0.5) is 0 Å². The van der Waals surface area contributed by atoms with E-state index in [0.29, 0.717) is 23.8 Å². The van der Waals surface area contributed by atoms with Crippen molar-refractivity contribution in [3.63, 3.8) is 0 Å². The van der Waals surface area contributed by atoms with Gasteiger partial charge in [-0.25, -0.2) is 0 Å². The Hall–Kier alpha value is -2.36. The molecule has 0 radical (unpaired) electrons. The van der Waals surface area contributed by atoms with Crippen LogP contribution in [0, 0.1) is 5.92 Å². The van der Waals surface area contributed by atoms with E-state index in [9.17, 15) is 4.79 Å². The molecular weight excluding hydrogens is 300 g/mol. The highest BCUT2D eigenvalue weighted by Crippen LogP contribution is 2.32. The van der Waals surface area contributed by atoms with Gasteiger partial charge in [0.15, 0.2) is 0 Å². The van der Waals surface area contributed by atoms with Crippen LogP contribution in [0.5, 0.6) is 5.75 Å². The lowest BCUT2D eigenvalue weighted by Crippen LogP contribution is -2.28. The fourth-order valence-electron chi connectivity index (χ4n) is 2.93. The van der Waals surface area contributed by atoms with Crippen LogP contribution in [0.2, 0.25) is 0 Å². The number of carbonyl (C=O) groups is 1. The molecule has 1 saturated heterocycles. The van der Waals surface area contributed by atoms with E-state index in [1.54, 1.807) is 6.20 Å². The highest BCUT2D eigenvalue weighted by molar-refractivity contribution is 6.00. The molecule has 126 valence electrons. The van der Waals surface area contributed by atoms with Crippen molar-refractivity contribution in [1.82, 2.24) is 9.88 Å². The Morgan fingerprint density at radius 1 is 1.17 bits per heavy atom. The van der Waals surface area contributed by atoms with E-state index in [1.807, 2.05) is 41.3 Å². The van der Waals surface area contributed by atoms with Gasteiger partial charge >= 0.3 is 0 Å². The van der Waals surface area contributed by atoms with E-state index >= 15 is 0 Å². The van der Waals surface area contributed by atoms with Gasteiger partial charge in [0.05, 0.1) is 17.9 Å². The molecule has 0 aliphatic carbocycles. The number of ether oxygens (including phenoxy) is 1. The van der Waals surface area contributed by atoms with Crippen molar-refractivity contribution in [1.29, 1.82) is 0 Å². The summed E-state index contributed by atoms with van der Waals surface area (Å²) in [6.45, 7) is 6.54. The third-order valence-electron chi connectivity index (χ3n) is 4.15. The predicted octanol–water partition coefficient (Wildman–Crippen LogP) is 4.02. The quantitative estimate of drug-likeness (QED) is 0.834. The SMILES string of the molecule is CC(C)COc1ccccc1-c1ncccc1C(=O)N1CCCC1. The molecule has 0 spiro atoms. The first-order chi connectivity index (χ1) is 11.7. The molecule has 0 unspecified atom stereocenters. The molecule has 3 rings (SSSR count). The van der Waals surface area contributed by atoms with Crippen molar-refractivity contribution in [3.05, 3.63) is 48.2 Å². The monoisotopic (exact) mass is 324 g/mol. The molecule has 1 aromatic heterocycles. The Morgan fingerprint density at radius 3 is 2.67 bits per heavy atom. The van der Waals surface area contributed by atoms with Crippen LogP contribution in [-0.2, 0) is 0 Å². The topological polar surface area (TPSA) is 42.4 Å². The zero-order chi connectivity index (χ0) is 16.9. The summed E-state index contributed by atoms with van der Waals surface area (Å²) in [7, 11) is 0. The molecule has 1 amide bonds. The number of para-hydroxylation sites is 1. The van der Waals surface area contributed by atoms with Crippen molar-refractivity contribution in [2.75, 3.05) is 19.7 Å². The number of aromatic nitrogens is 1. The second-order valence-corrected chi connectivity index (χ2v) is 6.60. The molecule has 0 saturated carbocycles. The Kier molecular flexibility index (Phi) is 5.14. The summed E-state index contributed by atoms with van der Waals surface area (Å²) in [5.41, 5.74) is 2.23. The second kappa shape index (κ2) is 7.47. The zero-order valence-electron chi connectivity index (χ0n) is 14.4. The molecule has 2 heterocycles. The van der Waals surface area contributed by atoms with E-state index in [4.69, 9.17) is 4.74 Å². The summed E-state index contributed by atoms with van der Waals surface area (Å²) in [6.07, 6.45) is 3.89. The molecule has 0 atom stereocenters. The molecule has 0 N–H and O–H groups in total. The van der Waals surface area contributed by atoms with Crippen LogP contribution in [-0.4, -0.2) is 35.5 Å². The van der Waals surface area contributed by atoms with Crippen molar-refractivity contribution in [2.45, 2.75) is 26.7 Å². The first kappa shape index (κ1) is 16.5. The number of amides is 1. The first-order valence-corrected chi connectivity index (χ1v) is 8.63. The average molecular weight is 324 g/mol. The summed E-state index contributed by atoms with van der Waals surface area (Å²) in [5, 5.41) is 0. The normalized spacial score (nSPS) is 14.2. The fourth-order valence-corrected chi connectivity index (χ4v) is 2.93. The maximum atomic E-state index is 12.9. The zero-order valence-corrected chi connectivity index (χ0v) is 14.4. The Labute approximate surface area is 143 Å². The Bertz CT molecular complexity index is 706. The molecule has 4 nitrogen and oxygen atoms in total. The minimum absolute atomic E-state index is 0.0641. The number of benzene rings is 1. The van der Waals surface area contributed by atoms with Crippen LogP contribution in [0.25, 0.3) is 11.3 Å². The summed E-state index contributed by atoms with van der Waals surface area (Å²) in [6, 6.07) is 11.5. The summed E-state index contributed by atoms with van der Waals surface area (Å²) >= 11 is 0. The molecule has 1 aliphatic heterocycles. The van der Waals surface area contributed by atoms with Crippen LogP contribution < -0.4 is 4.74 Å². The van der Waals surface area contributed by atoms with E-state index in [-0.39, 0.29) is 5.91 Å². The molecule has 4 heteroatoms. The number of nitrogens with zero attached hydrogens (tertiary/aromatic N) is 2. The second-order valence-electron chi connectivity index (χ2n) is 6.60. The van der Waals surface area contributed by atoms with Gasteiger partial charge in [-0.2, -0.15) is 0 Å². The third-order valence-corrected chi connectivity index (χ3v) is 4.15. The van der Waals surface area contributed by atoms with Gasteiger partial charge in [-0.05, 0) is 43.0 Å².